The van der Waals surface area contributed by atoms with Crippen LogP contribution < -0.4 is 5.43 Å². The second kappa shape index (κ2) is 8.06. The number of hydrogen-bond acceptors (Lipinski definition) is 8. The van der Waals surface area contributed by atoms with Gasteiger partial charge in [0.15, 0.2) is 0 Å². The molecular weight excluding hydrogens is 360 g/mol. The maximum atomic E-state index is 11.2. The summed E-state index contributed by atoms with van der Waals surface area (Å²) in [5, 5.41) is 24.8. The molecule has 3 aromatic rings. The number of thiazole rings is 1. The van der Waals surface area contributed by atoms with Crippen LogP contribution in [0.25, 0.3) is 10.2 Å². The highest BCUT2D eigenvalue weighted by molar-refractivity contribution is 7.99. The van der Waals surface area contributed by atoms with Gasteiger partial charge in [-0.2, -0.15) is 5.10 Å². The second-order valence-corrected chi connectivity index (χ2v) is 7.08. The third-order valence-electron chi connectivity index (χ3n) is 3.20. The number of hydrogen-bond donors (Lipinski definition) is 2. The first-order valence-corrected chi connectivity index (χ1v) is 9.14. The number of nitro groups is 1. The maximum absolute atomic E-state index is 11.2. The molecule has 7 nitrogen and oxygen atoms in total. The summed E-state index contributed by atoms with van der Waals surface area (Å²) in [5.74, 6) is 0.410. The Kier molecular flexibility index (Phi) is 5.59. The molecule has 0 unspecified atom stereocenters. The van der Waals surface area contributed by atoms with Crippen LogP contribution >= 0.6 is 23.1 Å². The molecule has 2 N–H and O–H groups in total. The lowest BCUT2D eigenvalue weighted by molar-refractivity contribution is -0.387. The number of rotatable bonds is 7. The van der Waals surface area contributed by atoms with Crippen molar-refractivity contribution >= 4 is 50.3 Å². The zero-order valence-corrected chi connectivity index (χ0v) is 14.6. The predicted molar refractivity (Wildman–Crippen MR) is 102 cm³/mol. The lowest BCUT2D eigenvalue weighted by Gasteiger charge is -2.02. The van der Waals surface area contributed by atoms with Crippen molar-refractivity contribution in [2.24, 2.45) is 5.10 Å². The number of nitrogens with one attached hydrogen (secondary N) is 1. The van der Waals surface area contributed by atoms with Crippen LogP contribution in [0.1, 0.15) is 5.56 Å². The number of benzene rings is 2. The molecule has 128 valence electrons. The van der Waals surface area contributed by atoms with E-state index >= 15 is 0 Å². The minimum Gasteiger partial charge on any atom is -0.396 e. The average Bonchev–Trinajstić information content (AvgIpc) is 3.03. The molecule has 1 heterocycles. The van der Waals surface area contributed by atoms with Crippen LogP contribution in [0.5, 0.6) is 0 Å². The van der Waals surface area contributed by atoms with Gasteiger partial charge in [-0.25, -0.2) is 4.98 Å². The molecule has 0 saturated heterocycles. The Morgan fingerprint density at radius 1 is 1.36 bits per heavy atom. The van der Waals surface area contributed by atoms with Crippen molar-refractivity contribution in [1.29, 1.82) is 0 Å². The Bertz CT molecular complexity index is 894. The van der Waals surface area contributed by atoms with E-state index in [1.165, 1.54) is 35.4 Å². The summed E-state index contributed by atoms with van der Waals surface area (Å²) in [6.07, 6.45) is 1.51. The Balaban J connectivity index is 1.74. The van der Waals surface area contributed by atoms with Crippen LogP contribution in [0.3, 0.4) is 0 Å². The van der Waals surface area contributed by atoms with Crippen LogP contribution in [0.15, 0.2) is 52.5 Å². The molecule has 0 aliphatic carbocycles. The number of para-hydroxylation sites is 1. The van der Waals surface area contributed by atoms with Crippen LogP contribution in [-0.2, 0) is 0 Å². The average molecular weight is 374 g/mol. The topological polar surface area (TPSA) is 101 Å². The van der Waals surface area contributed by atoms with Crippen LogP contribution in [0, 0.1) is 10.1 Å². The van der Waals surface area contributed by atoms with Crippen LogP contribution in [0.2, 0.25) is 0 Å². The number of aliphatic hydroxyl groups excluding tert-OH is 1. The van der Waals surface area contributed by atoms with Gasteiger partial charge in [-0.3, -0.25) is 15.5 Å². The first-order chi connectivity index (χ1) is 12.2. The summed E-state index contributed by atoms with van der Waals surface area (Å²) < 4.78 is 1.06. The maximum Gasteiger partial charge on any atom is 0.283 e. The number of aliphatic hydroxyl groups is 1. The third-order valence-corrected chi connectivity index (χ3v) is 5.18. The van der Waals surface area contributed by atoms with Crippen molar-refractivity contribution in [3.63, 3.8) is 0 Å². The molecule has 0 atom stereocenters. The summed E-state index contributed by atoms with van der Waals surface area (Å²) >= 11 is 2.73. The molecule has 0 aliphatic heterocycles. The number of aromatic nitrogens is 1. The van der Waals surface area contributed by atoms with Crippen molar-refractivity contribution in [1.82, 2.24) is 4.98 Å². The van der Waals surface area contributed by atoms with Crippen LogP contribution in [-0.4, -0.2) is 33.6 Å². The molecule has 25 heavy (non-hydrogen) atoms. The van der Waals surface area contributed by atoms with Gasteiger partial charge in [0.2, 0.25) is 5.13 Å². The molecule has 0 saturated carbocycles. The highest BCUT2D eigenvalue weighted by Gasteiger charge is 2.14. The number of anilines is 1. The van der Waals surface area contributed by atoms with Gasteiger partial charge in [0.25, 0.3) is 5.69 Å². The summed E-state index contributed by atoms with van der Waals surface area (Å²) in [5.41, 5.74) is 4.35. The summed E-state index contributed by atoms with van der Waals surface area (Å²) in [6, 6.07) is 12.6. The molecule has 0 radical (unpaired) electrons. The Labute approximate surface area is 151 Å². The third kappa shape index (κ3) is 4.32. The number of thioether (sulfide) groups is 1. The predicted octanol–water partition coefficient (Wildman–Crippen LogP) is 3.73. The SMILES string of the molecule is O=[N+]([O-])c1cc(C=NNc2nc3ccccc3s2)ccc1SCCO. The fraction of sp³-hybridized carbons (Fsp3) is 0.125. The molecule has 0 amide bonds. The van der Waals surface area contributed by atoms with Gasteiger partial charge < -0.3 is 5.11 Å². The molecule has 9 heteroatoms. The van der Waals surface area contributed by atoms with Crippen LogP contribution in [0.4, 0.5) is 10.8 Å². The normalized spacial score (nSPS) is 11.2. The van der Waals surface area contributed by atoms with Crippen molar-refractivity contribution in [3.05, 3.63) is 58.1 Å². The first kappa shape index (κ1) is 17.3. The fourth-order valence-corrected chi connectivity index (χ4v) is 3.69. The van der Waals surface area contributed by atoms with Crippen molar-refractivity contribution in [2.75, 3.05) is 17.8 Å². The lowest BCUT2D eigenvalue weighted by atomic mass is 10.2. The minimum absolute atomic E-state index is 0.00221. The summed E-state index contributed by atoms with van der Waals surface area (Å²) in [6.45, 7) is -0.0306. The van der Waals surface area contributed by atoms with E-state index in [0.29, 0.717) is 21.3 Å². The van der Waals surface area contributed by atoms with E-state index in [1.54, 1.807) is 12.1 Å². The molecular formula is C16H14N4O3S2. The van der Waals surface area contributed by atoms with Crippen molar-refractivity contribution in [3.8, 4) is 0 Å². The van der Waals surface area contributed by atoms with E-state index in [2.05, 4.69) is 15.5 Å². The number of nitrogens with zero attached hydrogens (tertiary/aromatic N) is 3. The zero-order chi connectivity index (χ0) is 17.6. The standard InChI is InChI=1S/C16H14N4O3S2/c21-7-8-24-15-6-5-11(9-13(15)20(22)23)10-17-19-16-18-12-3-1-2-4-14(12)25-16/h1-6,9-10,21H,7-8H2,(H,18,19). The van der Waals surface area contributed by atoms with Gasteiger partial charge in [0, 0.05) is 17.4 Å². The molecule has 1 aromatic heterocycles. The molecule has 0 fully saturated rings. The number of fused-ring (bicyclic) bond motifs is 1. The Morgan fingerprint density at radius 3 is 2.96 bits per heavy atom. The van der Waals surface area contributed by atoms with Gasteiger partial charge in [0.05, 0.1) is 32.9 Å². The van der Waals surface area contributed by atoms with Gasteiger partial charge >= 0.3 is 0 Å². The number of nitro benzene ring substituents is 1. The fourth-order valence-electron chi connectivity index (χ4n) is 2.12. The first-order valence-electron chi connectivity index (χ1n) is 7.34. The van der Waals surface area contributed by atoms with E-state index in [0.717, 1.165) is 10.2 Å². The molecule has 0 aliphatic rings. The lowest BCUT2D eigenvalue weighted by Crippen LogP contribution is -1.96. The van der Waals surface area contributed by atoms with E-state index in [4.69, 9.17) is 5.11 Å². The smallest absolute Gasteiger partial charge is 0.283 e. The van der Waals surface area contributed by atoms with Gasteiger partial charge in [-0.15, -0.1) is 11.8 Å². The second-order valence-electron chi connectivity index (χ2n) is 4.91. The molecule has 3 rings (SSSR count). The summed E-state index contributed by atoms with van der Waals surface area (Å²) in [4.78, 5) is 15.7. The van der Waals surface area contributed by atoms with Gasteiger partial charge in [0.1, 0.15) is 0 Å². The number of hydrazone groups is 1. The van der Waals surface area contributed by atoms with E-state index in [9.17, 15) is 10.1 Å². The van der Waals surface area contributed by atoms with Crippen molar-refractivity contribution in [2.45, 2.75) is 4.90 Å². The minimum atomic E-state index is -0.433. The molecule has 0 spiro atoms. The van der Waals surface area contributed by atoms with Crippen molar-refractivity contribution < 1.29 is 10.0 Å². The molecule has 0 bridgehead atoms. The Morgan fingerprint density at radius 2 is 2.20 bits per heavy atom. The highest BCUT2D eigenvalue weighted by atomic mass is 32.2. The zero-order valence-electron chi connectivity index (χ0n) is 13.0. The van der Waals surface area contributed by atoms with Gasteiger partial charge in [-0.05, 0) is 18.2 Å². The molecule has 2 aromatic carbocycles. The Hall–Kier alpha value is -2.49. The quantitative estimate of drug-likeness (QED) is 0.283. The van der Waals surface area contributed by atoms with E-state index in [1.807, 2.05) is 24.3 Å². The van der Waals surface area contributed by atoms with Gasteiger partial charge in [-0.1, -0.05) is 29.5 Å². The monoisotopic (exact) mass is 374 g/mol. The largest absolute Gasteiger partial charge is 0.396 e. The summed E-state index contributed by atoms with van der Waals surface area (Å²) in [7, 11) is 0. The highest BCUT2D eigenvalue weighted by Crippen LogP contribution is 2.29. The van der Waals surface area contributed by atoms with E-state index in [-0.39, 0.29) is 12.3 Å². The van der Waals surface area contributed by atoms with E-state index < -0.39 is 4.92 Å².